The van der Waals surface area contributed by atoms with Gasteiger partial charge >= 0.3 is 0 Å². The van der Waals surface area contributed by atoms with E-state index in [1.807, 2.05) is 49.4 Å². The van der Waals surface area contributed by atoms with Gasteiger partial charge in [0.15, 0.2) is 0 Å². The Morgan fingerprint density at radius 2 is 1.46 bits per heavy atom. The molecule has 0 radical (unpaired) electrons. The van der Waals surface area contributed by atoms with Gasteiger partial charge in [0.05, 0.1) is 0 Å². The van der Waals surface area contributed by atoms with Gasteiger partial charge in [-0.15, -0.1) is 0 Å². The molecule has 0 spiro atoms. The van der Waals surface area contributed by atoms with Gasteiger partial charge in [-0.25, -0.2) is 0 Å². The lowest BCUT2D eigenvalue weighted by atomic mass is 9.81. The molecule has 28 heavy (non-hydrogen) atoms. The number of carbonyl (C=O) groups excluding carboxylic acids is 2. The second-order valence-electron chi connectivity index (χ2n) is 7.73. The Balaban J connectivity index is 1.36. The molecule has 2 N–H and O–H groups in total. The maximum atomic E-state index is 12.5. The normalized spacial score (nSPS) is 19.0. The smallest absolute Gasteiger partial charge is 0.227 e. The molecule has 1 aliphatic carbocycles. The van der Waals surface area contributed by atoms with Crippen molar-refractivity contribution in [2.24, 2.45) is 11.8 Å². The summed E-state index contributed by atoms with van der Waals surface area (Å²) in [6.07, 6.45) is 5.06. The van der Waals surface area contributed by atoms with Crippen LogP contribution in [0.1, 0.15) is 43.2 Å². The monoisotopic (exact) mass is 378 g/mol. The van der Waals surface area contributed by atoms with E-state index in [0.717, 1.165) is 49.8 Å². The Bertz CT molecular complexity index is 780. The van der Waals surface area contributed by atoms with E-state index >= 15 is 0 Å². The molecule has 4 heteroatoms. The topological polar surface area (TPSA) is 58.2 Å². The van der Waals surface area contributed by atoms with Gasteiger partial charge < -0.3 is 10.6 Å². The molecular weight excluding hydrogens is 348 g/mol. The molecule has 1 aliphatic rings. The van der Waals surface area contributed by atoms with Crippen LogP contribution < -0.4 is 10.6 Å². The second kappa shape index (κ2) is 10.1. The number of hydrogen-bond acceptors (Lipinski definition) is 2. The summed E-state index contributed by atoms with van der Waals surface area (Å²) in [7, 11) is 0. The molecule has 0 aromatic heterocycles. The summed E-state index contributed by atoms with van der Waals surface area (Å²) in [5, 5.41) is 6.12. The van der Waals surface area contributed by atoms with Crippen molar-refractivity contribution < 1.29 is 9.59 Å². The molecule has 0 aliphatic heterocycles. The first-order valence-electron chi connectivity index (χ1n) is 10.3. The first-order chi connectivity index (χ1) is 13.6. The number of hydrogen-bond donors (Lipinski definition) is 2. The largest absolute Gasteiger partial charge is 0.356 e. The van der Waals surface area contributed by atoms with E-state index in [2.05, 4.69) is 22.8 Å². The highest BCUT2D eigenvalue weighted by Gasteiger charge is 2.29. The van der Waals surface area contributed by atoms with Crippen LogP contribution in [0.4, 0.5) is 5.69 Å². The molecule has 2 aromatic carbocycles. The molecule has 0 unspecified atom stereocenters. The van der Waals surface area contributed by atoms with Crippen LogP contribution in [0.3, 0.4) is 0 Å². The van der Waals surface area contributed by atoms with Gasteiger partial charge in [0, 0.05) is 24.1 Å². The molecule has 1 fully saturated rings. The van der Waals surface area contributed by atoms with Crippen molar-refractivity contribution in [3.63, 3.8) is 0 Å². The summed E-state index contributed by atoms with van der Waals surface area (Å²) >= 11 is 0. The van der Waals surface area contributed by atoms with E-state index in [9.17, 15) is 9.59 Å². The average Bonchev–Trinajstić information content (AvgIpc) is 2.73. The van der Waals surface area contributed by atoms with Crippen molar-refractivity contribution in [2.75, 3.05) is 11.9 Å². The predicted octanol–water partition coefficient (Wildman–Crippen LogP) is 4.49. The van der Waals surface area contributed by atoms with Gasteiger partial charge in [-0.1, -0.05) is 48.5 Å². The van der Waals surface area contributed by atoms with Crippen molar-refractivity contribution in [1.82, 2.24) is 5.32 Å². The fourth-order valence-corrected chi connectivity index (χ4v) is 3.86. The van der Waals surface area contributed by atoms with Crippen LogP contribution in [0.25, 0.3) is 0 Å². The maximum absolute atomic E-state index is 12.5. The zero-order valence-electron chi connectivity index (χ0n) is 16.6. The lowest BCUT2D eigenvalue weighted by molar-refractivity contribution is -0.128. The second-order valence-corrected chi connectivity index (χ2v) is 7.73. The van der Waals surface area contributed by atoms with Crippen molar-refractivity contribution in [3.05, 3.63) is 65.7 Å². The first kappa shape index (κ1) is 20.1. The maximum Gasteiger partial charge on any atom is 0.227 e. The number of amides is 2. The molecule has 0 bridgehead atoms. The number of para-hydroxylation sites is 1. The molecule has 0 saturated heterocycles. The van der Waals surface area contributed by atoms with Gasteiger partial charge in [-0.05, 0) is 62.6 Å². The lowest BCUT2D eigenvalue weighted by Crippen LogP contribution is -2.36. The molecule has 2 aromatic rings. The first-order valence-corrected chi connectivity index (χ1v) is 10.3. The number of carbonyl (C=O) groups is 2. The Morgan fingerprint density at radius 3 is 2.14 bits per heavy atom. The van der Waals surface area contributed by atoms with Crippen LogP contribution in [0.15, 0.2) is 54.6 Å². The third kappa shape index (κ3) is 5.69. The highest BCUT2D eigenvalue weighted by molar-refractivity contribution is 5.93. The van der Waals surface area contributed by atoms with Gasteiger partial charge in [0.1, 0.15) is 0 Å². The van der Waals surface area contributed by atoms with Crippen LogP contribution in [0.5, 0.6) is 0 Å². The summed E-state index contributed by atoms with van der Waals surface area (Å²) in [5.74, 6) is 0.266. The summed E-state index contributed by atoms with van der Waals surface area (Å²) in [5.41, 5.74) is 3.25. The number of aryl methyl sites for hydroxylation is 2. The fourth-order valence-electron chi connectivity index (χ4n) is 3.86. The quantitative estimate of drug-likeness (QED) is 0.698. The third-order valence-electron chi connectivity index (χ3n) is 5.66. The molecule has 2 amide bonds. The van der Waals surface area contributed by atoms with Crippen molar-refractivity contribution in [3.8, 4) is 0 Å². The summed E-state index contributed by atoms with van der Waals surface area (Å²) in [6.45, 7) is 2.70. The van der Waals surface area contributed by atoms with E-state index in [1.165, 1.54) is 5.56 Å². The number of nitrogens with one attached hydrogen (secondary N) is 2. The fraction of sp³-hybridized carbons (Fsp3) is 0.417. The zero-order valence-corrected chi connectivity index (χ0v) is 16.6. The van der Waals surface area contributed by atoms with E-state index in [4.69, 9.17) is 0 Å². The van der Waals surface area contributed by atoms with Crippen molar-refractivity contribution >= 4 is 17.5 Å². The summed E-state index contributed by atoms with van der Waals surface area (Å²) in [6, 6.07) is 18.2. The number of anilines is 1. The Labute approximate surface area is 167 Å². The minimum Gasteiger partial charge on any atom is -0.356 e. The molecule has 3 rings (SSSR count). The van der Waals surface area contributed by atoms with E-state index < -0.39 is 0 Å². The molecule has 0 heterocycles. The Kier molecular flexibility index (Phi) is 7.24. The predicted molar refractivity (Wildman–Crippen MR) is 113 cm³/mol. The van der Waals surface area contributed by atoms with Crippen LogP contribution in [-0.4, -0.2) is 18.4 Å². The van der Waals surface area contributed by atoms with Gasteiger partial charge in [0.2, 0.25) is 11.8 Å². The minimum absolute atomic E-state index is 0.00161. The molecule has 148 valence electrons. The Hall–Kier alpha value is -2.62. The zero-order chi connectivity index (χ0) is 19.8. The summed E-state index contributed by atoms with van der Waals surface area (Å²) in [4.78, 5) is 24.9. The van der Waals surface area contributed by atoms with Crippen molar-refractivity contribution in [1.29, 1.82) is 0 Å². The van der Waals surface area contributed by atoms with Crippen LogP contribution in [0.2, 0.25) is 0 Å². The van der Waals surface area contributed by atoms with Gasteiger partial charge in [-0.3, -0.25) is 9.59 Å². The highest BCUT2D eigenvalue weighted by atomic mass is 16.2. The van der Waals surface area contributed by atoms with Gasteiger partial charge in [0.25, 0.3) is 0 Å². The minimum atomic E-state index is 0.00161. The number of rotatable bonds is 7. The Morgan fingerprint density at radius 1 is 0.857 bits per heavy atom. The van der Waals surface area contributed by atoms with Crippen molar-refractivity contribution in [2.45, 2.75) is 45.4 Å². The third-order valence-corrected chi connectivity index (χ3v) is 5.66. The number of benzene rings is 2. The van der Waals surface area contributed by atoms with Crippen LogP contribution >= 0.6 is 0 Å². The average molecular weight is 379 g/mol. The van der Waals surface area contributed by atoms with Crippen LogP contribution in [-0.2, 0) is 16.0 Å². The SMILES string of the molecule is Cc1ccccc1NC(=O)C1CCC(C(=O)NCCCc2ccccc2)CC1. The van der Waals surface area contributed by atoms with E-state index in [-0.39, 0.29) is 23.7 Å². The van der Waals surface area contributed by atoms with Gasteiger partial charge in [-0.2, -0.15) is 0 Å². The summed E-state index contributed by atoms with van der Waals surface area (Å²) < 4.78 is 0. The molecule has 0 atom stereocenters. The van der Waals surface area contributed by atoms with E-state index in [0.29, 0.717) is 6.54 Å². The molecular formula is C24H30N2O2. The molecule has 4 nitrogen and oxygen atoms in total. The van der Waals surface area contributed by atoms with E-state index in [1.54, 1.807) is 0 Å². The standard InChI is InChI=1S/C24H30N2O2/c1-18-8-5-6-12-22(18)26-24(28)21-15-13-20(14-16-21)23(27)25-17-7-11-19-9-3-2-4-10-19/h2-6,8-10,12,20-21H,7,11,13-17H2,1H3,(H,25,27)(H,26,28). The highest BCUT2D eigenvalue weighted by Crippen LogP contribution is 2.30. The van der Waals surface area contributed by atoms with Crippen LogP contribution in [0, 0.1) is 18.8 Å². The lowest BCUT2D eigenvalue weighted by Gasteiger charge is -2.27. The molecule has 1 saturated carbocycles.